The molecular weight excluding hydrogens is 437 g/mol. The standard InChI is InChI=1S/C10H8ClN5.C7H2Cl2N4/c11-8-3-9(14-7-1-2-7)16-10(15-8)6(4-12)5-13-16;8-5-1-6(9)13-7(12-5)4(2-10)3-11-13/h3,5,7,14H,1-2H2;1,3H. The lowest BCUT2D eigenvalue weighted by atomic mass is 10.4. The fraction of sp³-hybridized carbons (Fsp3) is 0.176. The van der Waals surface area contributed by atoms with Crippen molar-refractivity contribution in [3.05, 3.63) is 51.1 Å². The summed E-state index contributed by atoms with van der Waals surface area (Å²) < 4.78 is 2.97. The number of fused-ring (bicyclic) bond motifs is 2. The van der Waals surface area contributed by atoms with Gasteiger partial charge < -0.3 is 5.32 Å². The molecule has 0 unspecified atom stereocenters. The summed E-state index contributed by atoms with van der Waals surface area (Å²) in [5, 5.41) is 29.8. The summed E-state index contributed by atoms with van der Waals surface area (Å²) in [5.41, 5.74) is 1.66. The van der Waals surface area contributed by atoms with Crippen LogP contribution in [-0.4, -0.2) is 35.2 Å². The normalized spacial score (nSPS) is 12.9. The van der Waals surface area contributed by atoms with Gasteiger partial charge in [0, 0.05) is 18.2 Å². The molecule has 9 nitrogen and oxygen atoms in total. The molecule has 0 radical (unpaired) electrons. The average molecular weight is 447 g/mol. The summed E-state index contributed by atoms with van der Waals surface area (Å²) in [4.78, 5) is 8.02. The Morgan fingerprint density at radius 3 is 2.03 bits per heavy atom. The molecule has 0 bridgehead atoms. The van der Waals surface area contributed by atoms with Gasteiger partial charge >= 0.3 is 0 Å². The smallest absolute Gasteiger partial charge is 0.176 e. The molecule has 0 aromatic carbocycles. The highest BCUT2D eigenvalue weighted by Gasteiger charge is 2.22. The van der Waals surface area contributed by atoms with Gasteiger partial charge in [0.05, 0.1) is 12.4 Å². The van der Waals surface area contributed by atoms with Crippen molar-refractivity contribution in [1.29, 1.82) is 10.5 Å². The molecule has 0 aliphatic heterocycles. The van der Waals surface area contributed by atoms with Crippen molar-refractivity contribution in [3.8, 4) is 12.1 Å². The van der Waals surface area contributed by atoms with E-state index in [4.69, 9.17) is 45.3 Å². The molecule has 12 heteroatoms. The minimum atomic E-state index is 0.245. The lowest BCUT2D eigenvalue weighted by Gasteiger charge is -2.06. The fourth-order valence-electron chi connectivity index (χ4n) is 2.53. The van der Waals surface area contributed by atoms with E-state index in [1.54, 1.807) is 10.6 Å². The Morgan fingerprint density at radius 2 is 1.45 bits per heavy atom. The van der Waals surface area contributed by atoms with Crippen molar-refractivity contribution in [2.24, 2.45) is 0 Å². The van der Waals surface area contributed by atoms with E-state index in [0.717, 1.165) is 18.7 Å². The molecule has 4 aromatic rings. The zero-order chi connectivity index (χ0) is 20.5. The van der Waals surface area contributed by atoms with Crippen molar-refractivity contribution in [2.45, 2.75) is 18.9 Å². The first kappa shape index (κ1) is 19.2. The van der Waals surface area contributed by atoms with E-state index in [2.05, 4.69) is 25.5 Å². The van der Waals surface area contributed by atoms with Crippen LogP contribution in [0.4, 0.5) is 5.82 Å². The predicted molar refractivity (Wildman–Crippen MR) is 107 cm³/mol. The second-order valence-electron chi connectivity index (χ2n) is 6.10. The van der Waals surface area contributed by atoms with Crippen LogP contribution in [0.25, 0.3) is 11.3 Å². The molecule has 1 saturated carbocycles. The molecule has 4 aromatic heterocycles. The first-order chi connectivity index (χ1) is 14.0. The average Bonchev–Trinajstić information content (AvgIpc) is 3.25. The van der Waals surface area contributed by atoms with Crippen LogP contribution in [-0.2, 0) is 0 Å². The molecule has 0 amide bonds. The Hall–Kier alpha value is -3.11. The van der Waals surface area contributed by atoms with E-state index in [0.29, 0.717) is 38.8 Å². The van der Waals surface area contributed by atoms with Crippen LogP contribution in [0.1, 0.15) is 24.0 Å². The minimum absolute atomic E-state index is 0.245. The summed E-state index contributed by atoms with van der Waals surface area (Å²) in [6, 6.07) is 7.66. The molecule has 1 aliphatic rings. The summed E-state index contributed by atoms with van der Waals surface area (Å²) in [6.45, 7) is 0. The van der Waals surface area contributed by atoms with Crippen LogP contribution in [0, 0.1) is 22.7 Å². The topological polar surface area (TPSA) is 120 Å². The van der Waals surface area contributed by atoms with Crippen LogP contribution >= 0.6 is 34.8 Å². The van der Waals surface area contributed by atoms with E-state index in [1.165, 1.54) is 23.0 Å². The number of rotatable bonds is 2. The first-order valence-electron chi connectivity index (χ1n) is 8.31. The Labute approximate surface area is 179 Å². The molecule has 0 saturated heterocycles. The lowest BCUT2D eigenvalue weighted by Crippen LogP contribution is -2.07. The molecule has 0 atom stereocenters. The van der Waals surface area contributed by atoms with Gasteiger partial charge in [-0.25, -0.2) is 14.5 Å². The van der Waals surface area contributed by atoms with Crippen LogP contribution in [0.3, 0.4) is 0 Å². The summed E-state index contributed by atoms with van der Waals surface area (Å²) in [5.74, 6) is 0.791. The highest BCUT2D eigenvalue weighted by atomic mass is 35.5. The minimum Gasteiger partial charge on any atom is -0.367 e. The number of halogens is 3. The summed E-state index contributed by atoms with van der Waals surface area (Å²) >= 11 is 17.4. The zero-order valence-electron chi connectivity index (χ0n) is 14.5. The third-order valence-corrected chi connectivity index (χ3v) is 4.66. The Balaban J connectivity index is 0.000000145. The van der Waals surface area contributed by atoms with Gasteiger partial charge in [0.15, 0.2) is 11.3 Å². The fourth-order valence-corrected chi connectivity index (χ4v) is 3.18. The van der Waals surface area contributed by atoms with Gasteiger partial charge in [-0.2, -0.15) is 25.2 Å². The van der Waals surface area contributed by atoms with Crippen LogP contribution in [0.5, 0.6) is 0 Å². The van der Waals surface area contributed by atoms with Crippen LogP contribution in [0.2, 0.25) is 15.5 Å². The molecule has 29 heavy (non-hydrogen) atoms. The Morgan fingerprint density at radius 1 is 0.897 bits per heavy atom. The van der Waals surface area contributed by atoms with E-state index < -0.39 is 0 Å². The highest BCUT2D eigenvalue weighted by Crippen LogP contribution is 2.26. The first-order valence-corrected chi connectivity index (χ1v) is 9.44. The number of hydrogen-bond donors (Lipinski definition) is 1. The highest BCUT2D eigenvalue weighted by molar-refractivity contribution is 6.33. The van der Waals surface area contributed by atoms with E-state index in [9.17, 15) is 0 Å². The number of nitriles is 2. The maximum absolute atomic E-state index is 8.89. The lowest BCUT2D eigenvalue weighted by molar-refractivity contribution is 0.924. The van der Waals surface area contributed by atoms with Gasteiger partial charge in [-0.3, -0.25) is 0 Å². The second-order valence-corrected chi connectivity index (χ2v) is 7.26. The number of hydrogen-bond acceptors (Lipinski definition) is 7. The van der Waals surface area contributed by atoms with Crippen LogP contribution < -0.4 is 5.32 Å². The van der Waals surface area contributed by atoms with Crippen molar-refractivity contribution < 1.29 is 0 Å². The molecule has 4 heterocycles. The van der Waals surface area contributed by atoms with Crippen molar-refractivity contribution >= 4 is 51.9 Å². The third kappa shape index (κ3) is 3.89. The number of nitrogens with one attached hydrogen (secondary N) is 1. The van der Waals surface area contributed by atoms with Crippen LogP contribution in [0.15, 0.2) is 24.5 Å². The van der Waals surface area contributed by atoms with Crippen molar-refractivity contribution in [2.75, 3.05) is 5.32 Å². The van der Waals surface area contributed by atoms with Gasteiger partial charge in [0.25, 0.3) is 0 Å². The Kier molecular flexibility index (Phi) is 5.12. The number of anilines is 1. The van der Waals surface area contributed by atoms with Gasteiger partial charge in [-0.05, 0) is 12.8 Å². The molecule has 1 fully saturated rings. The molecule has 144 valence electrons. The summed E-state index contributed by atoms with van der Waals surface area (Å²) in [6.07, 6.45) is 5.21. The summed E-state index contributed by atoms with van der Waals surface area (Å²) in [7, 11) is 0. The van der Waals surface area contributed by atoms with Gasteiger partial charge in [-0.15, -0.1) is 0 Å². The second kappa shape index (κ2) is 7.72. The number of aromatic nitrogens is 6. The van der Waals surface area contributed by atoms with Gasteiger partial charge in [-0.1, -0.05) is 34.8 Å². The molecular formula is C17H10Cl3N9. The van der Waals surface area contributed by atoms with Crippen molar-refractivity contribution in [1.82, 2.24) is 29.2 Å². The maximum Gasteiger partial charge on any atom is 0.176 e. The quantitative estimate of drug-likeness (QED) is 0.466. The molecule has 5 rings (SSSR count). The third-order valence-electron chi connectivity index (χ3n) is 4.01. The molecule has 1 aliphatic carbocycles. The molecule has 0 spiro atoms. The SMILES string of the molecule is N#Cc1cnn2c(Cl)cc(Cl)nc12.N#Cc1cnn2c(NC3CC3)cc(Cl)nc12. The molecule has 1 N–H and O–H groups in total. The van der Waals surface area contributed by atoms with E-state index in [-0.39, 0.29) is 5.15 Å². The van der Waals surface area contributed by atoms with Gasteiger partial charge in [0.2, 0.25) is 0 Å². The Bertz CT molecular complexity index is 1310. The van der Waals surface area contributed by atoms with Gasteiger partial charge in [0.1, 0.15) is 44.5 Å². The monoisotopic (exact) mass is 445 g/mol. The van der Waals surface area contributed by atoms with E-state index in [1.807, 2.05) is 12.1 Å². The number of nitrogens with zero attached hydrogens (tertiary/aromatic N) is 8. The van der Waals surface area contributed by atoms with E-state index >= 15 is 0 Å². The van der Waals surface area contributed by atoms with Crippen molar-refractivity contribution in [3.63, 3.8) is 0 Å². The maximum atomic E-state index is 8.89. The predicted octanol–water partition coefficient (Wildman–Crippen LogP) is 3.74. The largest absolute Gasteiger partial charge is 0.367 e. The zero-order valence-corrected chi connectivity index (χ0v) is 16.8.